The number of nitrogens with zero attached hydrogens (tertiary/aromatic N) is 1. The minimum atomic E-state index is -4.34. The van der Waals surface area contributed by atoms with Crippen LogP contribution in [0.25, 0.3) is 0 Å². The second-order valence-corrected chi connectivity index (χ2v) is 8.87. The van der Waals surface area contributed by atoms with Gasteiger partial charge in [0.2, 0.25) is 0 Å². The van der Waals surface area contributed by atoms with Crippen LogP contribution >= 0.6 is 0 Å². The Labute approximate surface area is 231 Å². The van der Waals surface area contributed by atoms with E-state index in [0.29, 0.717) is 26.4 Å². The Morgan fingerprint density at radius 3 is 1.77 bits per heavy atom. The van der Waals surface area contributed by atoms with Crippen molar-refractivity contribution in [2.24, 2.45) is 0 Å². The van der Waals surface area contributed by atoms with Gasteiger partial charge in [0.25, 0.3) is 0 Å². The molecule has 3 unspecified atom stereocenters. The van der Waals surface area contributed by atoms with Gasteiger partial charge in [0.15, 0.2) is 0 Å². The summed E-state index contributed by atoms with van der Waals surface area (Å²) in [6, 6.07) is 0. The molecular weight excluding hydrogens is 554 g/mol. The summed E-state index contributed by atoms with van der Waals surface area (Å²) in [5.74, 6) is 0. The van der Waals surface area contributed by atoms with E-state index in [0.717, 1.165) is 13.1 Å². The number of halogens is 4. The standard InChI is InChI=1S/C24H43F4NO11/c1-2-6-34-12-20(30)15-38-16-21(31)14-36-10-11-37-18-23(25,26)40-24(27,28)19-39-17-22(32)13-35-9-5-29-3-7-33-8-4-29/h2,20-22,30-32H,1,3-19H2. The first-order valence-electron chi connectivity index (χ1n) is 12.9. The van der Waals surface area contributed by atoms with Crippen LogP contribution in [0, 0.1) is 0 Å². The summed E-state index contributed by atoms with van der Waals surface area (Å²) in [7, 11) is 0. The Balaban J connectivity index is 2.05. The summed E-state index contributed by atoms with van der Waals surface area (Å²) in [6.07, 6.45) is -10.3. The van der Waals surface area contributed by atoms with Gasteiger partial charge in [0.05, 0.1) is 79.3 Å². The van der Waals surface area contributed by atoms with Crippen molar-refractivity contribution in [3.63, 3.8) is 0 Å². The highest BCUT2D eigenvalue weighted by atomic mass is 19.3. The highest BCUT2D eigenvalue weighted by Gasteiger charge is 2.44. The molecule has 0 aromatic carbocycles. The van der Waals surface area contributed by atoms with E-state index in [9.17, 15) is 32.9 Å². The molecule has 3 atom stereocenters. The number of alkyl halides is 4. The third kappa shape index (κ3) is 20.8. The van der Waals surface area contributed by atoms with E-state index in [1.165, 1.54) is 6.08 Å². The summed E-state index contributed by atoms with van der Waals surface area (Å²) in [5.41, 5.74) is 0. The summed E-state index contributed by atoms with van der Waals surface area (Å²) < 4.78 is 93.3. The monoisotopic (exact) mass is 597 g/mol. The molecule has 0 amide bonds. The molecule has 1 heterocycles. The minimum Gasteiger partial charge on any atom is -0.388 e. The summed E-state index contributed by atoms with van der Waals surface area (Å²) >= 11 is 0. The average Bonchev–Trinajstić information content (AvgIpc) is 2.88. The summed E-state index contributed by atoms with van der Waals surface area (Å²) in [4.78, 5) is 2.11. The smallest absolute Gasteiger partial charge is 0.383 e. The van der Waals surface area contributed by atoms with Gasteiger partial charge in [0.1, 0.15) is 31.5 Å². The molecule has 1 fully saturated rings. The number of aliphatic hydroxyl groups excluding tert-OH is 3. The van der Waals surface area contributed by atoms with Gasteiger partial charge in [-0.2, -0.15) is 17.6 Å². The van der Waals surface area contributed by atoms with Crippen LogP contribution in [0.3, 0.4) is 0 Å². The zero-order chi connectivity index (χ0) is 29.7. The molecule has 1 rings (SSSR count). The molecule has 1 aliphatic heterocycles. The molecule has 0 radical (unpaired) electrons. The molecule has 0 aromatic rings. The highest BCUT2D eigenvalue weighted by Crippen LogP contribution is 2.27. The third-order valence-corrected chi connectivity index (χ3v) is 4.96. The molecule has 16 heteroatoms. The SMILES string of the molecule is C=CCOCC(O)COCC(O)COCCOCC(F)(F)OC(F)(F)COCC(O)COCCN1CCOCC1. The van der Waals surface area contributed by atoms with Crippen LogP contribution in [0.15, 0.2) is 12.7 Å². The molecule has 1 aliphatic rings. The summed E-state index contributed by atoms with van der Waals surface area (Å²) in [6.45, 7) is 2.82. The van der Waals surface area contributed by atoms with Gasteiger partial charge in [-0.05, 0) is 0 Å². The Morgan fingerprint density at radius 1 is 0.700 bits per heavy atom. The zero-order valence-corrected chi connectivity index (χ0v) is 22.6. The van der Waals surface area contributed by atoms with Crippen molar-refractivity contribution >= 4 is 0 Å². The van der Waals surface area contributed by atoms with Crippen molar-refractivity contribution in [2.45, 2.75) is 30.5 Å². The summed E-state index contributed by atoms with van der Waals surface area (Å²) in [5, 5.41) is 29.0. The third-order valence-electron chi connectivity index (χ3n) is 4.96. The van der Waals surface area contributed by atoms with Crippen LogP contribution in [-0.2, 0) is 37.9 Å². The topological polar surface area (TPSA) is 138 Å². The first kappa shape index (κ1) is 37.0. The first-order valence-corrected chi connectivity index (χ1v) is 12.9. The fourth-order valence-electron chi connectivity index (χ4n) is 3.13. The van der Waals surface area contributed by atoms with E-state index in [1.54, 1.807) is 0 Å². The number of rotatable bonds is 26. The van der Waals surface area contributed by atoms with E-state index < -0.39 is 50.3 Å². The lowest BCUT2D eigenvalue weighted by Crippen LogP contribution is -2.40. The van der Waals surface area contributed by atoms with Gasteiger partial charge in [-0.15, -0.1) is 6.58 Å². The largest absolute Gasteiger partial charge is 0.388 e. The normalized spacial score (nSPS) is 17.6. The Hall–Kier alpha value is -1.02. The van der Waals surface area contributed by atoms with Crippen molar-refractivity contribution in [1.29, 1.82) is 0 Å². The molecule has 1 saturated heterocycles. The zero-order valence-electron chi connectivity index (χ0n) is 22.6. The van der Waals surface area contributed by atoms with Crippen molar-refractivity contribution in [1.82, 2.24) is 4.90 Å². The lowest BCUT2D eigenvalue weighted by molar-refractivity contribution is -0.394. The maximum atomic E-state index is 13.7. The number of aliphatic hydroxyl groups is 3. The maximum Gasteiger partial charge on any atom is 0.383 e. The van der Waals surface area contributed by atoms with Gasteiger partial charge in [-0.3, -0.25) is 9.64 Å². The molecule has 0 aromatic heterocycles. The molecule has 12 nitrogen and oxygen atoms in total. The van der Waals surface area contributed by atoms with Crippen LogP contribution < -0.4 is 0 Å². The highest BCUT2D eigenvalue weighted by molar-refractivity contribution is 4.65. The van der Waals surface area contributed by atoms with Crippen molar-refractivity contribution < 1.29 is 70.8 Å². The van der Waals surface area contributed by atoms with Gasteiger partial charge in [-0.25, -0.2) is 0 Å². The average molecular weight is 598 g/mol. The Kier molecular flexibility index (Phi) is 20.0. The fraction of sp³-hybridized carbons (Fsp3) is 0.917. The number of morpholine rings is 1. The fourth-order valence-corrected chi connectivity index (χ4v) is 3.13. The van der Waals surface area contributed by atoms with Crippen molar-refractivity contribution in [3.8, 4) is 0 Å². The molecule has 3 N–H and O–H groups in total. The number of hydrogen-bond acceptors (Lipinski definition) is 12. The quantitative estimate of drug-likeness (QED) is 0.0697. The van der Waals surface area contributed by atoms with E-state index in [-0.39, 0.29) is 52.9 Å². The predicted octanol–water partition coefficient (Wildman–Crippen LogP) is -0.111. The van der Waals surface area contributed by atoms with Gasteiger partial charge in [-0.1, -0.05) is 6.08 Å². The van der Waals surface area contributed by atoms with Crippen molar-refractivity contribution in [2.75, 3.05) is 112 Å². The molecule has 40 heavy (non-hydrogen) atoms. The lowest BCUT2D eigenvalue weighted by Gasteiger charge is -2.26. The molecule has 0 saturated carbocycles. The van der Waals surface area contributed by atoms with Crippen LogP contribution in [0.4, 0.5) is 17.6 Å². The maximum absolute atomic E-state index is 13.7. The van der Waals surface area contributed by atoms with Gasteiger partial charge < -0.3 is 48.5 Å². The van der Waals surface area contributed by atoms with Crippen LogP contribution in [0.2, 0.25) is 0 Å². The molecule has 0 aliphatic carbocycles. The second kappa shape index (κ2) is 21.6. The first-order chi connectivity index (χ1) is 19.0. The molecule has 0 bridgehead atoms. The van der Waals surface area contributed by atoms with Gasteiger partial charge >= 0.3 is 12.2 Å². The van der Waals surface area contributed by atoms with Crippen molar-refractivity contribution in [3.05, 3.63) is 12.7 Å². The Morgan fingerprint density at radius 2 is 1.18 bits per heavy atom. The minimum absolute atomic E-state index is 0.0399. The van der Waals surface area contributed by atoms with Gasteiger partial charge in [0, 0.05) is 19.6 Å². The predicted molar refractivity (Wildman–Crippen MR) is 131 cm³/mol. The molecule has 0 spiro atoms. The van der Waals surface area contributed by atoms with E-state index in [4.69, 9.17) is 23.7 Å². The Bertz CT molecular complexity index is 634. The lowest BCUT2D eigenvalue weighted by atomic mass is 10.4. The second-order valence-electron chi connectivity index (χ2n) is 8.87. The van der Waals surface area contributed by atoms with Crippen LogP contribution in [0.5, 0.6) is 0 Å². The number of ether oxygens (including phenoxy) is 8. The van der Waals surface area contributed by atoms with E-state index in [2.05, 4.69) is 25.7 Å². The molecular formula is C24H43F4NO11. The van der Waals surface area contributed by atoms with E-state index in [1.807, 2.05) is 0 Å². The van der Waals surface area contributed by atoms with E-state index >= 15 is 0 Å². The number of hydrogen-bond donors (Lipinski definition) is 3. The molecule has 238 valence electrons. The van der Waals surface area contributed by atoms with Crippen LogP contribution in [-0.4, -0.2) is 163 Å². The van der Waals surface area contributed by atoms with Crippen LogP contribution in [0.1, 0.15) is 0 Å².